The summed E-state index contributed by atoms with van der Waals surface area (Å²) in [5.41, 5.74) is 1.86. The average Bonchev–Trinajstić information content (AvgIpc) is 3.42. The van der Waals surface area contributed by atoms with Gasteiger partial charge in [-0.2, -0.15) is 4.90 Å². The summed E-state index contributed by atoms with van der Waals surface area (Å²) >= 11 is 0. The molecule has 3 atom stereocenters. The van der Waals surface area contributed by atoms with Crippen LogP contribution in [0.4, 0.5) is 0 Å². The number of likely N-dealkylation sites (tertiary alicyclic amines) is 1. The van der Waals surface area contributed by atoms with Gasteiger partial charge < -0.3 is 0 Å². The Labute approximate surface area is 187 Å². The lowest BCUT2D eigenvalue weighted by atomic mass is 9.81. The number of nitrogens with one attached hydrogen (secondary N) is 1. The van der Waals surface area contributed by atoms with Crippen LogP contribution in [-0.4, -0.2) is 52.5 Å². The van der Waals surface area contributed by atoms with Crippen molar-refractivity contribution < 1.29 is 19.4 Å². The van der Waals surface area contributed by atoms with E-state index in [1.807, 2.05) is 60.7 Å². The number of hydrogen-bond acceptors (Lipinski definition) is 3. The Hall–Kier alpha value is -3.28. The van der Waals surface area contributed by atoms with Crippen LogP contribution in [0.5, 0.6) is 0 Å². The van der Waals surface area contributed by atoms with Gasteiger partial charge >= 0.3 is 5.91 Å². The number of carbonyl (C=O) groups is 3. The third-order valence-corrected chi connectivity index (χ3v) is 6.95. The second kappa shape index (κ2) is 8.69. The van der Waals surface area contributed by atoms with Crippen molar-refractivity contribution in [2.45, 2.75) is 38.1 Å². The molecule has 2 aromatic carbocycles. The van der Waals surface area contributed by atoms with Gasteiger partial charge in [-0.25, -0.2) is 4.79 Å². The molecule has 1 N–H and O–H groups in total. The zero-order chi connectivity index (χ0) is 22.1. The topological polar surface area (TPSA) is 71.7 Å². The number of hydrogen-bond donors (Lipinski definition) is 1. The molecule has 2 fully saturated rings. The molecular formula is C26H28N3O3+. The molecule has 3 aliphatic rings. The van der Waals surface area contributed by atoms with E-state index in [4.69, 9.17) is 0 Å². The van der Waals surface area contributed by atoms with Gasteiger partial charge in [0.25, 0.3) is 5.84 Å². The third kappa shape index (κ3) is 3.64. The fourth-order valence-corrected chi connectivity index (χ4v) is 5.37. The minimum atomic E-state index is -0.832. The molecule has 1 saturated carbocycles. The number of amidine groups is 1. The van der Waals surface area contributed by atoms with E-state index in [1.165, 1.54) is 4.90 Å². The predicted octanol–water partition coefficient (Wildman–Crippen LogP) is 1.14. The van der Waals surface area contributed by atoms with Gasteiger partial charge in [-0.05, 0) is 30.5 Å². The van der Waals surface area contributed by atoms with E-state index in [2.05, 4.69) is 4.99 Å². The van der Waals surface area contributed by atoms with Gasteiger partial charge in [-0.15, -0.1) is 0 Å². The lowest BCUT2D eigenvalue weighted by Gasteiger charge is -2.27. The first-order valence-corrected chi connectivity index (χ1v) is 11.5. The van der Waals surface area contributed by atoms with Crippen molar-refractivity contribution >= 4 is 23.6 Å². The monoisotopic (exact) mass is 430 g/mol. The highest BCUT2D eigenvalue weighted by Gasteiger charge is 2.54. The Bertz CT molecular complexity index is 1030. The molecule has 0 spiro atoms. The summed E-state index contributed by atoms with van der Waals surface area (Å²) in [7, 11) is 0. The fourth-order valence-electron chi connectivity index (χ4n) is 5.37. The van der Waals surface area contributed by atoms with Crippen molar-refractivity contribution in [1.82, 2.24) is 9.80 Å². The smallest absolute Gasteiger partial charge is 0.274 e. The van der Waals surface area contributed by atoms with Crippen LogP contribution < -0.4 is 4.99 Å². The molecule has 0 radical (unpaired) electrons. The first-order valence-electron chi connectivity index (χ1n) is 11.5. The molecule has 1 saturated heterocycles. The Balaban J connectivity index is 1.49. The van der Waals surface area contributed by atoms with Gasteiger partial charge in [0.1, 0.15) is 19.1 Å². The molecule has 32 heavy (non-hydrogen) atoms. The number of benzene rings is 2. The molecule has 0 unspecified atom stereocenters. The maximum absolute atomic E-state index is 13.9. The fraction of sp³-hybridized carbons (Fsp3) is 0.385. The molecule has 164 valence electrons. The van der Waals surface area contributed by atoms with Gasteiger partial charge in [-0.3, -0.25) is 19.5 Å². The van der Waals surface area contributed by atoms with Gasteiger partial charge in [0.05, 0.1) is 17.4 Å². The van der Waals surface area contributed by atoms with Gasteiger partial charge in [-0.1, -0.05) is 61.4 Å². The van der Waals surface area contributed by atoms with Crippen LogP contribution in [0.3, 0.4) is 0 Å². The van der Waals surface area contributed by atoms with Crippen LogP contribution in [-0.2, 0) is 20.8 Å². The first-order chi connectivity index (χ1) is 15.6. The summed E-state index contributed by atoms with van der Waals surface area (Å²) in [6.45, 7) is 1.15. The van der Waals surface area contributed by atoms with Crippen LogP contribution >= 0.6 is 0 Å². The maximum atomic E-state index is 13.9. The Morgan fingerprint density at radius 3 is 2.12 bits per heavy atom. The van der Waals surface area contributed by atoms with E-state index in [9.17, 15) is 14.4 Å². The number of rotatable bonds is 5. The number of carbonyl (C=O) groups excluding carboxylic acids is 3. The van der Waals surface area contributed by atoms with Crippen molar-refractivity contribution in [3.63, 3.8) is 0 Å². The summed E-state index contributed by atoms with van der Waals surface area (Å²) in [6, 6.07) is 18.6. The molecule has 0 aromatic heterocycles. The number of imide groups is 1. The minimum Gasteiger partial charge on any atom is -0.274 e. The molecule has 6 heteroatoms. The molecule has 0 bridgehead atoms. The zero-order valence-corrected chi connectivity index (χ0v) is 18.1. The molecular weight excluding hydrogens is 402 g/mol. The van der Waals surface area contributed by atoms with Crippen LogP contribution in [0.1, 0.15) is 36.8 Å². The molecule has 5 rings (SSSR count). The van der Waals surface area contributed by atoms with Gasteiger partial charge in [0.15, 0.2) is 0 Å². The Kier molecular flexibility index (Phi) is 5.60. The number of fused-ring (bicyclic) bond motifs is 1. The highest BCUT2D eigenvalue weighted by atomic mass is 16.2. The van der Waals surface area contributed by atoms with Crippen LogP contribution in [0.25, 0.3) is 0 Å². The Morgan fingerprint density at radius 1 is 0.906 bits per heavy atom. The van der Waals surface area contributed by atoms with Crippen LogP contribution in [0.15, 0.2) is 60.7 Å². The van der Waals surface area contributed by atoms with E-state index >= 15 is 0 Å². The molecule has 2 aromatic rings. The maximum Gasteiger partial charge on any atom is 0.333 e. The van der Waals surface area contributed by atoms with Gasteiger partial charge in [0, 0.05) is 6.42 Å². The standard InChI is InChI=1S/C26H27N3O3/c30-24-20-13-7-8-14-21(20)25(31)29(24)22(17-18-9-3-1-4-10-18)26(32)28-16-15-27-23(28)19-11-5-2-6-12-19/h1-6,9-12,20-22H,7-8,13-17H2/p+1/t20-,21+,22-/m1/s1. The lowest BCUT2D eigenvalue weighted by Crippen LogP contribution is -2.71. The van der Waals surface area contributed by atoms with E-state index < -0.39 is 6.04 Å². The number of nitrogens with zero attached hydrogens (tertiary/aromatic N) is 2. The van der Waals surface area contributed by atoms with Gasteiger partial charge in [0.2, 0.25) is 11.8 Å². The number of amides is 3. The SMILES string of the molecule is O=C([C@@H](Cc1ccccc1)N1C(=O)[C@H]2CCCC[C@H]2C1=O)N1CC[NH+]=C1c1ccccc1. The van der Waals surface area contributed by atoms with Crippen molar-refractivity contribution in [1.29, 1.82) is 0 Å². The van der Waals surface area contributed by atoms with Crippen molar-refractivity contribution in [3.05, 3.63) is 71.8 Å². The van der Waals surface area contributed by atoms with Crippen molar-refractivity contribution in [2.24, 2.45) is 11.8 Å². The second-order valence-corrected chi connectivity index (χ2v) is 8.88. The van der Waals surface area contributed by atoms with E-state index in [-0.39, 0.29) is 29.6 Å². The lowest BCUT2D eigenvalue weighted by molar-refractivity contribution is -0.444. The summed E-state index contributed by atoms with van der Waals surface area (Å²) in [6.07, 6.45) is 3.74. The summed E-state index contributed by atoms with van der Waals surface area (Å²) in [5.74, 6) is -0.318. The second-order valence-electron chi connectivity index (χ2n) is 8.88. The van der Waals surface area contributed by atoms with Crippen molar-refractivity contribution in [2.75, 3.05) is 13.1 Å². The van der Waals surface area contributed by atoms with E-state index in [1.54, 1.807) is 4.90 Å². The average molecular weight is 431 g/mol. The zero-order valence-electron chi connectivity index (χ0n) is 18.1. The third-order valence-electron chi connectivity index (χ3n) is 6.95. The van der Waals surface area contributed by atoms with Crippen molar-refractivity contribution in [3.8, 4) is 0 Å². The highest BCUT2D eigenvalue weighted by Crippen LogP contribution is 2.39. The molecule has 2 heterocycles. The van der Waals surface area contributed by atoms with Crippen LogP contribution in [0.2, 0.25) is 0 Å². The molecule has 3 amide bonds. The minimum absolute atomic E-state index is 0.164. The summed E-state index contributed by atoms with van der Waals surface area (Å²) < 4.78 is 0. The predicted molar refractivity (Wildman–Crippen MR) is 119 cm³/mol. The summed E-state index contributed by atoms with van der Waals surface area (Å²) in [4.78, 5) is 47.0. The van der Waals surface area contributed by atoms with E-state index in [0.29, 0.717) is 19.5 Å². The molecule has 6 nitrogen and oxygen atoms in total. The van der Waals surface area contributed by atoms with Crippen LogP contribution in [0, 0.1) is 11.8 Å². The first kappa shape index (κ1) is 20.6. The quantitative estimate of drug-likeness (QED) is 0.724. The highest BCUT2D eigenvalue weighted by molar-refractivity contribution is 6.12. The largest absolute Gasteiger partial charge is 0.333 e. The molecule has 1 aliphatic carbocycles. The Morgan fingerprint density at radius 2 is 1.50 bits per heavy atom. The van der Waals surface area contributed by atoms with E-state index in [0.717, 1.165) is 42.6 Å². The molecule has 2 aliphatic heterocycles. The summed E-state index contributed by atoms with van der Waals surface area (Å²) in [5, 5.41) is 0. The normalized spacial score (nSPS) is 23.8.